The van der Waals surface area contributed by atoms with Crippen LogP contribution in [0.15, 0.2) is 34.7 Å². The molecule has 2 aromatic rings. The van der Waals surface area contributed by atoms with E-state index in [4.69, 9.17) is 9.15 Å². The molecule has 1 aromatic heterocycles. The van der Waals surface area contributed by atoms with Crippen LogP contribution >= 0.6 is 0 Å². The summed E-state index contributed by atoms with van der Waals surface area (Å²) in [5, 5.41) is 8.29. The maximum absolute atomic E-state index is 5.77. The molecule has 1 aliphatic heterocycles. The van der Waals surface area contributed by atoms with Gasteiger partial charge in [-0.25, -0.2) is 0 Å². The minimum atomic E-state index is -0.174. The maximum atomic E-state index is 5.77. The van der Waals surface area contributed by atoms with E-state index in [1.807, 2.05) is 18.2 Å². The van der Waals surface area contributed by atoms with Crippen molar-refractivity contribution in [2.24, 2.45) is 0 Å². The number of rotatable bonds is 3. The summed E-state index contributed by atoms with van der Waals surface area (Å²) in [6, 6.07) is 10.7. The van der Waals surface area contributed by atoms with Crippen LogP contribution in [0.2, 0.25) is 0 Å². The van der Waals surface area contributed by atoms with E-state index in [1.165, 1.54) is 5.56 Å². The highest BCUT2D eigenvalue weighted by Gasteiger charge is 2.29. The molecule has 0 aliphatic carbocycles. The molecule has 1 saturated heterocycles. The largest absolute Gasteiger partial charge is 0.408 e. The van der Waals surface area contributed by atoms with Crippen molar-refractivity contribution in [3.05, 3.63) is 41.8 Å². The topological polar surface area (TPSA) is 51.4 Å². The fourth-order valence-electron chi connectivity index (χ4n) is 2.39. The van der Waals surface area contributed by atoms with Crippen LogP contribution in [0.5, 0.6) is 0 Å². The Balaban J connectivity index is 1.70. The van der Waals surface area contributed by atoms with E-state index in [0.717, 1.165) is 13.1 Å². The normalized spacial score (nSPS) is 18.2. The van der Waals surface area contributed by atoms with E-state index < -0.39 is 0 Å². The zero-order valence-electron chi connectivity index (χ0n) is 11.9. The summed E-state index contributed by atoms with van der Waals surface area (Å²) < 4.78 is 11.5. The zero-order chi connectivity index (χ0) is 14.0. The lowest BCUT2D eigenvalue weighted by atomic mass is 10.1. The van der Waals surface area contributed by atoms with Crippen LogP contribution in [0.4, 0.5) is 6.01 Å². The average Bonchev–Trinajstić information content (AvgIpc) is 2.87. The summed E-state index contributed by atoms with van der Waals surface area (Å²) in [7, 11) is 0. The quantitative estimate of drug-likeness (QED) is 0.858. The summed E-state index contributed by atoms with van der Waals surface area (Å²) >= 11 is 0. The minimum Gasteiger partial charge on any atom is -0.408 e. The van der Waals surface area contributed by atoms with Crippen LogP contribution in [0, 0.1) is 0 Å². The van der Waals surface area contributed by atoms with Crippen LogP contribution in [0.3, 0.4) is 0 Å². The van der Waals surface area contributed by atoms with Gasteiger partial charge in [0.15, 0.2) is 0 Å². The molecule has 1 aromatic carbocycles. The lowest BCUT2D eigenvalue weighted by molar-refractivity contribution is -0.0290. The number of nitrogens with zero attached hydrogens (tertiary/aromatic N) is 3. The van der Waals surface area contributed by atoms with Gasteiger partial charge in [-0.05, 0) is 19.4 Å². The molecule has 5 nitrogen and oxygen atoms in total. The number of hydrogen-bond donors (Lipinski definition) is 0. The molecule has 1 fully saturated rings. The van der Waals surface area contributed by atoms with Crippen LogP contribution < -0.4 is 4.90 Å². The van der Waals surface area contributed by atoms with E-state index >= 15 is 0 Å². The van der Waals surface area contributed by atoms with Gasteiger partial charge in [0.05, 0.1) is 25.2 Å². The summed E-state index contributed by atoms with van der Waals surface area (Å²) in [4.78, 5) is 2.09. The van der Waals surface area contributed by atoms with Crippen molar-refractivity contribution in [1.82, 2.24) is 10.2 Å². The maximum Gasteiger partial charge on any atom is 0.318 e. The Morgan fingerprint density at radius 2 is 2.00 bits per heavy atom. The molecular formula is C15H19N3O2. The van der Waals surface area contributed by atoms with Gasteiger partial charge in [-0.3, -0.25) is 0 Å². The number of benzene rings is 1. The van der Waals surface area contributed by atoms with Crippen molar-refractivity contribution in [3.8, 4) is 0 Å². The van der Waals surface area contributed by atoms with Crippen molar-refractivity contribution in [2.75, 3.05) is 24.6 Å². The van der Waals surface area contributed by atoms with Crippen molar-refractivity contribution in [2.45, 2.75) is 25.9 Å². The smallest absolute Gasteiger partial charge is 0.318 e. The number of morpholine rings is 1. The molecule has 0 unspecified atom stereocenters. The van der Waals surface area contributed by atoms with Crippen LogP contribution in [0.25, 0.3) is 0 Å². The molecule has 1 aliphatic rings. The Morgan fingerprint density at radius 1 is 1.20 bits per heavy atom. The van der Waals surface area contributed by atoms with Crippen molar-refractivity contribution >= 4 is 6.01 Å². The van der Waals surface area contributed by atoms with Gasteiger partial charge in [-0.1, -0.05) is 35.4 Å². The number of anilines is 1. The van der Waals surface area contributed by atoms with Gasteiger partial charge < -0.3 is 14.1 Å². The molecule has 5 heteroatoms. The Kier molecular flexibility index (Phi) is 3.44. The SMILES string of the molecule is CC1(C)CN(c2nnc(Cc3ccccc3)o2)CCO1. The standard InChI is InChI=1S/C15H19N3O2/c1-15(2)11-18(8-9-19-15)14-17-16-13(20-14)10-12-6-4-3-5-7-12/h3-7H,8-11H2,1-2H3. The van der Waals surface area contributed by atoms with Crippen LogP contribution in [-0.2, 0) is 11.2 Å². The third-order valence-corrected chi connectivity index (χ3v) is 3.35. The van der Waals surface area contributed by atoms with Crippen LogP contribution in [0.1, 0.15) is 25.3 Å². The van der Waals surface area contributed by atoms with Gasteiger partial charge in [0.25, 0.3) is 0 Å². The second kappa shape index (κ2) is 5.25. The molecule has 0 bridgehead atoms. The first-order chi connectivity index (χ1) is 9.62. The predicted molar refractivity (Wildman–Crippen MR) is 75.8 cm³/mol. The monoisotopic (exact) mass is 273 g/mol. The lowest BCUT2D eigenvalue weighted by Gasteiger charge is -2.36. The van der Waals surface area contributed by atoms with Gasteiger partial charge in [-0.2, -0.15) is 0 Å². The zero-order valence-corrected chi connectivity index (χ0v) is 11.9. The first-order valence-corrected chi connectivity index (χ1v) is 6.88. The summed E-state index contributed by atoms with van der Waals surface area (Å²) in [6.45, 7) is 6.38. The van der Waals surface area contributed by atoms with Gasteiger partial charge in [0.1, 0.15) is 0 Å². The highest BCUT2D eigenvalue weighted by molar-refractivity contribution is 5.27. The lowest BCUT2D eigenvalue weighted by Crippen LogP contribution is -2.48. The van der Waals surface area contributed by atoms with E-state index in [0.29, 0.717) is 24.9 Å². The van der Waals surface area contributed by atoms with E-state index in [2.05, 4.69) is 41.1 Å². The van der Waals surface area contributed by atoms with Gasteiger partial charge in [-0.15, -0.1) is 5.10 Å². The molecule has 0 amide bonds. The Bertz CT molecular complexity index is 566. The molecule has 0 N–H and O–H groups in total. The number of hydrogen-bond acceptors (Lipinski definition) is 5. The molecule has 0 saturated carbocycles. The predicted octanol–water partition coefficient (Wildman–Crippen LogP) is 2.28. The molecule has 3 rings (SSSR count). The molecular weight excluding hydrogens is 254 g/mol. The average molecular weight is 273 g/mol. The summed E-state index contributed by atoms with van der Waals surface area (Å²) in [5.41, 5.74) is 0.997. The highest BCUT2D eigenvalue weighted by Crippen LogP contribution is 2.22. The van der Waals surface area contributed by atoms with E-state index in [1.54, 1.807) is 0 Å². The van der Waals surface area contributed by atoms with Gasteiger partial charge >= 0.3 is 6.01 Å². The van der Waals surface area contributed by atoms with E-state index in [9.17, 15) is 0 Å². The molecule has 106 valence electrons. The van der Waals surface area contributed by atoms with E-state index in [-0.39, 0.29) is 5.60 Å². The molecule has 20 heavy (non-hydrogen) atoms. The fraction of sp³-hybridized carbons (Fsp3) is 0.467. The van der Waals surface area contributed by atoms with Crippen molar-refractivity contribution in [1.29, 1.82) is 0 Å². The third-order valence-electron chi connectivity index (χ3n) is 3.35. The van der Waals surface area contributed by atoms with Crippen LogP contribution in [-0.4, -0.2) is 35.5 Å². The molecule has 2 heterocycles. The molecule has 0 atom stereocenters. The second-order valence-electron chi connectivity index (χ2n) is 5.67. The number of aromatic nitrogens is 2. The Morgan fingerprint density at radius 3 is 2.75 bits per heavy atom. The highest BCUT2D eigenvalue weighted by atomic mass is 16.5. The Hall–Kier alpha value is -1.88. The molecule has 0 radical (unpaired) electrons. The summed E-state index contributed by atoms with van der Waals surface area (Å²) in [6.07, 6.45) is 0.668. The fourth-order valence-corrected chi connectivity index (χ4v) is 2.39. The first-order valence-electron chi connectivity index (χ1n) is 6.88. The van der Waals surface area contributed by atoms with Crippen molar-refractivity contribution in [3.63, 3.8) is 0 Å². The van der Waals surface area contributed by atoms with Gasteiger partial charge in [0.2, 0.25) is 5.89 Å². The second-order valence-corrected chi connectivity index (χ2v) is 5.67. The minimum absolute atomic E-state index is 0.174. The Labute approximate surface area is 118 Å². The summed E-state index contributed by atoms with van der Waals surface area (Å²) in [5.74, 6) is 0.649. The van der Waals surface area contributed by atoms with Crippen molar-refractivity contribution < 1.29 is 9.15 Å². The first kappa shape index (κ1) is 13.1. The molecule has 0 spiro atoms. The van der Waals surface area contributed by atoms with Gasteiger partial charge in [0, 0.05) is 6.54 Å². The third kappa shape index (κ3) is 2.99. The number of ether oxygens (including phenoxy) is 1.